The fourth-order valence-corrected chi connectivity index (χ4v) is 6.35. The van der Waals surface area contributed by atoms with E-state index in [9.17, 15) is 18.0 Å². The van der Waals surface area contributed by atoms with Gasteiger partial charge in [-0.05, 0) is 60.9 Å². The number of nitrogens with one attached hydrogen (secondary N) is 1. The van der Waals surface area contributed by atoms with Crippen LogP contribution in [0.2, 0.25) is 0 Å². The zero-order chi connectivity index (χ0) is 30.9. The van der Waals surface area contributed by atoms with Gasteiger partial charge in [-0.25, -0.2) is 8.42 Å². The van der Waals surface area contributed by atoms with E-state index >= 15 is 0 Å². The lowest BCUT2D eigenvalue weighted by molar-refractivity contribution is -0.128. The first kappa shape index (κ1) is 30.8. The molecule has 1 unspecified atom stereocenters. The van der Waals surface area contributed by atoms with E-state index < -0.39 is 28.6 Å². The molecule has 0 spiro atoms. The number of benzene rings is 4. The largest absolute Gasteiger partial charge is 0.494 e. The van der Waals surface area contributed by atoms with Crippen LogP contribution in [0.25, 0.3) is 0 Å². The number of rotatable bonds is 12. The Balaban J connectivity index is 1.36. The number of fused-ring (bicyclic) bond motifs is 1. The number of para-hydroxylation sites is 2. The topological polar surface area (TPSA) is 105 Å². The zero-order valence-electron chi connectivity index (χ0n) is 24.5. The molecule has 9 nitrogen and oxygen atoms in total. The number of hydrogen-bond acceptors (Lipinski definition) is 6. The van der Waals surface area contributed by atoms with Crippen LogP contribution in [-0.2, 0) is 32.6 Å². The molecule has 0 aromatic heterocycles. The zero-order valence-corrected chi connectivity index (χ0v) is 25.3. The van der Waals surface area contributed by atoms with Gasteiger partial charge in [-0.3, -0.25) is 9.59 Å². The fraction of sp³-hybridized carbons (Fsp3) is 0.235. The van der Waals surface area contributed by atoms with Gasteiger partial charge in [0.25, 0.3) is 5.91 Å². The molecule has 0 fully saturated rings. The summed E-state index contributed by atoms with van der Waals surface area (Å²) in [5, 5.41) is 2.91. The summed E-state index contributed by atoms with van der Waals surface area (Å²) in [5.41, 5.74) is 2.29. The van der Waals surface area contributed by atoms with Crippen LogP contribution in [0.1, 0.15) is 18.1 Å². The Morgan fingerprint density at radius 2 is 1.52 bits per heavy atom. The predicted molar refractivity (Wildman–Crippen MR) is 168 cm³/mol. The van der Waals surface area contributed by atoms with E-state index in [4.69, 9.17) is 9.47 Å². The molecule has 228 valence electrons. The minimum absolute atomic E-state index is 0.0164. The number of ether oxygens (including phenoxy) is 2. The Bertz CT molecular complexity index is 1660. The molecular formula is C34H35N3O6S. The van der Waals surface area contributed by atoms with Gasteiger partial charge in [0, 0.05) is 13.1 Å². The number of amides is 2. The molecule has 1 heterocycles. The molecule has 1 aliphatic rings. The second-order valence-electron chi connectivity index (χ2n) is 10.3. The lowest BCUT2D eigenvalue weighted by Crippen LogP contribution is -2.53. The predicted octanol–water partition coefficient (Wildman–Crippen LogP) is 4.43. The highest BCUT2D eigenvalue weighted by Crippen LogP contribution is 2.34. The molecule has 2 amide bonds. The van der Waals surface area contributed by atoms with E-state index in [2.05, 4.69) is 5.32 Å². The van der Waals surface area contributed by atoms with Crippen LogP contribution in [-0.4, -0.2) is 56.9 Å². The number of carbonyl (C=O) groups excluding carboxylic acids is 2. The average molecular weight is 614 g/mol. The van der Waals surface area contributed by atoms with Gasteiger partial charge in [-0.15, -0.1) is 0 Å². The van der Waals surface area contributed by atoms with E-state index in [1.54, 1.807) is 36.4 Å². The lowest BCUT2D eigenvalue weighted by Gasteiger charge is -2.35. The van der Waals surface area contributed by atoms with Gasteiger partial charge in [0.2, 0.25) is 15.9 Å². The van der Waals surface area contributed by atoms with Crippen molar-refractivity contribution in [2.24, 2.45) is 0 Å². The molecule has 0 bridgehead atoms. The minimum Gasteiger partial charge on any atom is -0.494 e. The van der Waals surface area contributed by atoms with Crippen molar-refractivity contribution in [3.05, 3.63) is 120 Å². The van der Waals surface area contributed by atoms with Gasteiger partial charge < -0.3 is 19.7 Å². The Morgan fingerprint density at radius 1 is 0.886 bits per heavy atom. The van der Waals surface area contributed by atoms with E-state index in [1.165, 1.54) is 17.0 Å². The van der Waals surface area contributed by atoms with Crippen molar-refractivity contribution in [3.63, 3.8) is 0 Å². The molecule has 0 aliphatic carbocycles. The summed E-state index contributed by atoms with van der Waals surface area (Å²) in [6.07, 6.45) is -0.314. The highest BCUT2D eigenvalue weighted by atomic mass is 32.2. The van der Waals surface area contributed by atoms with E-state index in [-0.39, 0.29) is 23.9 Å². The first-order valence-corrected chi connectivity index (χ1v) is 15.9. The smallest absolute Gasteiger partial charge is 0.262 e. The molecule has 5 rings (SSSR count). The van der Waals surface area contributed by atoms with Crippen molar-refractivity contribution in [2.75, 3.05) is 31.1 Å². The van der Waals surface area contributed by atoms with Crippen molar-refractivity contribution < 1.29 is 27.5 Å². The monoisotopic (exact) mass is 613 g/mol. The van der Waals surface area contributed by atoms with Gasteiger partial charge in [0.15, 0.2) is 6.10 Å². The summed E-state index contributed by atoms with van der Waals surface area (Å²) in [4.78, 5) is 28.6. The molecular weight excluding hydrogens is 578 g/mol. The highest BCUT2D eigenvalue weighted by molar-refractivity contribution is 7.89. The van der Waals surface area contributed by atoms with Crippen LogP contribution in [0.3, 0.4) is 0 Å². The number of carbonyl (C=O) groups is 2. The summed E-state index contributed by atoms with van der Waals surface area (Å²) in [6.45, 7) is 2.19. The summed E-state index contributed by atoms with van der Waals surface area (Å²) in [7, 11) is -4.09. The molecule has 44 heavy (non-hydrogen) atoms. The maximum absolute atomic E-state index is 14.0. The Kier molecular flexibility index (Phi) is 9.93. The standard InChI is InChI=1S/C34H35N3O6S/c1-2-42-28-17-19-29(20-18-28)44(40,41)36(23-27-13-7-4-8-14-27)25-33(38)37-24-32(43-31-16-10-9-15-30(31)37)34(39)35-22-21-26-11-5-3-6-12-26/h3-20,32H,2,21-25H2,1H3,(H,35,39). The number of nitrogens with zero attached hydrogens (tertiary/aromatic N) is 2. The molecule has 0 saturated carbocycles. The first-order valence-electron chi connectivity index (χ1n) is 14.5. The number of anilines is 1. The Labute approximate surface area is 258 Å². The highest BCUT2D eigenvalue weighted by Gasteiger charge is 2.36. The number of sulfonamides is 1. The molecule has 4 aromatic carbocycles. The van der Waals surface area contributed by atoms with Gasteiger partial charge in [0.1, 0.15) is 11.5 Å². The van der Waals surface area contributed by atoms with Crippen molar-refractivity contribution in [1.82, 2.24) is 9.62 Å². The van der Waals surface area contributed by atoms with Crippen LogP contribution in [0.5, 0.6) is 11.5 Å². The fourth-order valence-electron chi connectivity index (χ4n) is 4.97. The molecule has 1 aliphatic heterocycles. The van der Waals surface area contributed by atoms with Gasteiger partial charge in [-0.1, -0.05) is 72.8 Å². The first-order chi connectivity index (χ1) is 21.3. The van der Waals surface area contributed by atoms with E-state index in [1.807, 2.05) is 67.6 Å². The van der Waals surface area contributed by atoms with Crippen molar-refractivity contribution in [1.29, 1.82) is 0 Å². The van der Waals surface area contributed by atoms with Gasteiger partial charge in [0.05, 0.1) is 30.3 Å². The molecule has 4 aromatic rings. The van der Waals surface area contributed by atoms with Crippen LogP contribution in [0.15, 0.2) is 114 Å². The molecule has 1 atom stereocenters. The SMILES string of the molecule is CCOc1ccc(S(=O)(=O)N(CC(=O)N2CC(C(=O)NCCc3ccccc3)Oc3ccccc32)Cc2ccccc2)cc1. The lowest BCUT2D eigenvalue weighted by atomic mass is 10.1. The van der Waals surface area contributed by atoms with Crippen molar-refractivity contribution in [2.45, 2.75) is 30.9 Å². The van der Waals surface area contributed by atoms with Crippen LogP contribution in [0.4, 0.5) is 5.69 Å². The molecule has 0 radical (unpaired) electrons. The molecule has 10 heteroatoms. The second-order valence-corrected chi connectivity index (χ2v) is 12.2. The van der Waals surface area contributed by atoms with E-state index in [0.717, 1.165) is 15.4 Å². The van der Waals surface area contributed by atoms with Crippen molar-refractivity contribution >= 4 is 27.5 Å². The average Bonchev–Trinajstić information content (AvgIpc) is 3.05. The summed E-state index contributed by atoms with van der Waals surface area (Å²) in [5.74, 6) is 0.0964. The molecule has 1 N–H and O–H groups in total. The summed E-state index contributed by atoms with van der Waals surface area (Å²) >= 11 is 0. The van der Waals surface area contributed by atoms with Gasteiger partial charge in [-0.2, -0.15) is 4.31 Å². The van der Waals surface area contributed by atoms with Crippen LogP contribution in [0, 0.1) is 0 Å². The molecule has 0 saturated heterocycles. The minimum atomic E-state index is -4.09. The van der Waals surface area contributed by atoms with Crippen LogP contribution >= 0.6 is 0 Å². The summed E-state index contributed by atoms with van der Waals surface area (Å²) < 4.78 is 40.4. The Morgan fingerprint density at radius 3 is 2.20 bits per heavy atom. The quantitative estimate of drug-likeness (QED) is 0.254. The third-order valence-electron chi connectivity index (χ3n) is 7.21. The number of hydrogen-bond donors (Lipinski definition) is 1. The maximum Gasteiger partial charge on any atom is 0.262 e. The van der Waals surface area contributed by atoms with Gasteiger partial charge >= 0.3 is 0 Å². The third-order valence-corrected chi connectivity index (χ3v) is 9.01. The normalized spacial score (nSPS) is 14.4. The third kappa shape index (κ3) is 7.45. The van der Waals surface area contributed by atoms with Crippen LogP contribution < -0.4 is 19.7 Å². The summed E-state index contributed by atoms with van der Waals surface area (Å²) in [6, 6.07) is 32.0. The van der Waals surface area contributed by atoms with E-state index in [0.29, 0.717) is 36.8 Å². The van der Waals surface area contributed by atoms with Crippen molar-refractivity contribution in [3.8, 4) is 11.5 Å². The Hall–Kier alpha value is -4.67. The second kappa shape index (κ2) is 14.2. The maximum atomic E-state index is 14.0.